The highest BCUT2D eigenvalue weighted by Crippen LogP contribution is 2.23. The number of likely N-dealkylation sites (tertiary alicyclic amines) is 1. The van der Waals surface area contributed by atoms with E-state index < -0.39 is 11.5 Å². The van der Waals surface area contributed by atoms with Gasteiger partial charge in [0.1, 0.15) is 11.4 Å². The van der Waals surface area contributed by atoms with E-state index >= 15 is 0 Å². The van der Waals surface area contributed by atoms with E-state index in [1.807, 2.05) is 27.7 Å². The molecule has 128 valence electrons. The number of ether oxygens (including phenoxy) is 1. The molecular formula is C17H26FN3O2. The third-order valence-electron chi connectivity index (χ3n) is 3.91. The Morgan fingerprint density at radius 2 is 2.22 bits per heavy atom. The van der Waals surface area contributed by atoms with Crippen LogP contribution < -0.4 is 5.32 Å². The van der Waals surface area contributed by atoms with Crippen molar-refractivity contribution in [3.05, 3.63) is 24.1 Å². The van der Waals surface area contributed by atoms with Gasteiger partial charge in [0.2, 0.25) is 5.95 Å². The molecule has 1 aromatic heterocycles. The number of anilines is 1. The SMILES string of the molecule is CC(Nc1cccc(F)n1)C1CCCN(C(=O)OC(C)(C)C)C1. The molecule has 1 N–H and O–H groups in total. The van der Waals surface area contributed by atoms with Crippen LogP contribution in [-0.2, 0) is 4.74 Å². The number of piperidine rings is 1. The predicted molar refractivity (Wildman–Crippen MR) is 87.8 cm³/mol. The molecule has 0 aromatic carbocycles. The molecule has 0 bridgehead atoms. The van der Waals surface area contributed by atoms with Crippen LogP contribution in [0.1, 0.15) is 40.5 Å². The van der Waals surface area contributed by atoms with Gasteiger partial charge in [-0.1, -0.05) is 6.07 Å². The predicted octanol–water partition coefficient (Wildman–Crippen LogP) is 3.67. The molecule has 1 aliphatic heterocycles. The van der Waals surface area contributed by atoms with Crippen molar-refractivity contribution >= 4 is 11.9 Å². The lowest BCUT2D eigenvalue weighted by molar-refractivity contribution is 0.0159. The topological polar surface area (TPSA) is 54.5 Å². The summed E-state index contributed by atoms with van der Waals surface area (Å²) in [5.41, 5.74) is -0.487. The maximum absolute atomic E-state index is 13.2. The molecule has 2 atom stereocenters. The highest BCUT2D eigenvalue weighted by Gasteiger charge is 2.30. The van der Waals surface area contributed by atoms with Crippen LogP contribution in [0.4, 0.5) is 15.0 Å². The molecule has 0 spiro atoms. The minimum Gasteiger partial charge on any atom is -0.444 e. The van der Waals surface area contributed by atoms with E-state index in [-0.39, 0.29) is 18.1 Å². The molecule has 2 rings (SSSR count). The lowest BCUT2D eigenvalue weighted by atomic mass is 9.92. The van der Waals surface area contributed by atoms with Crippen LogP contribution >= 0.6 is 0 Å². The van der Waals surface area contributed by atoms with E-state index in [0.717, 1.165) is 19.4 Å². The summed E-state index contributed by atoms with van der Waals surface area (Å²) in [7, 11) is 0. The smallest absolute Gasteiger partial charge is 0.410 e. The summed E-state index contributed by atoms with van der Waals surface area (Å²) in [5.74, 6) is 0.300. The van der Waals surface area contributed by atoms with E-state index in [1.165, 1.54) is 6.07 Å². The normalized spacial score (nSPS) is 20.0. The molecule has 1 amide bonds. The summed E-state index contributed by atoms with van der Waals surface area (Å²) in [6, 6.07) is 4.79. The lowest BCUT2D eigenvalue weighted by Gasteiger charge is -2.36. The monoisotopic (exact) mass is 323 g/mol. The Kier molecular flexibility index (Phi) is 5.44. The highest BCUT2D eigenvalue weighted by molar-refractivity contribution is 5.68. The average Bonchev–Trinajstić information content (AvgIpc) is 2.45. The third-order valence-corrected chi connectivity index (χ3v) is 3.91. The van der Waals surface area contributed by atoms with E-state index in [0.29, 0.717) is 12.4 Å². The van der Waals surface area contributed by atoms with Crippen LogP contribution in [-0.4, -0.2) is 40.7 Å². The summed E-state index contributed by atoms with van der Waals surface area (Å²) in [4.78, 5) is 17.8. The minimum atomic E-state index is -0.499. The second-order valence-corrected chi connectivity index (χ2v) is 7.11. The second kappa shape index (κ2) is 7.15. The Hall–Kier alpha value is -1.85. The molecule has 0 aliphatic carbocycles. The van der Waals surface area contributed by atoms with Gasteiger partial charge in [0.05, 0.1) is 0 Å². The third kappa shape index (κ3) is 5.37. The molecule has 0 saturated carbocycles. The number of halogens is 1. The fraction of sp³-hybridized carbons (Fsp3) is 0.647. The summed E-state index contributed by atoms with van der Waals surface area (Å²) in [6.07, 6.45) is 1.69. The molecule has 5 nitrogen and oxygen atoms in total. The number of pyridine rings is 1. The van der Waals surface area contributed by atoms with Crippen LogP contribution in [0.2, 0.25) is 0 Å². The summed E-state index contributed by atoms with van der Waals surface area (Å²) in [6.45, 7) is 9.00. The standard InChI is InChI=1S/C17H26FN3O2/c1-12(19-15-9-5-8-14(18)20-15)13-7-6-10-21(11-13)16(22)23-17(2,3)4/h5,8-9,12-13H,6-7,10-11H2,1-4H3,(H,19,20). The molecule has 1 fully saturated rings. The maximum atomic E-state index is 13.2. The number of amides is 1. The van der Waals surface area contributed by atoms with Crippen LogP contribution in [0.15, 0.2) is 18.2 Å². The molecule has 1 aliphatic rings. The van der Waals surface area contributed by atoms with Crippen molar-refractivity contribution in [3.63, 3.8) is 0 Å². The Labute approximate surface area is 137 Å². The maximum Gasteiger partial charge on any atom is 0.410 e. The lowest BCUT2D eigenvalue weighted by Crippen LogP contribution is -2.46. The van der Waals surface area contributed by atoms with Gasteiger partial charge in [0.25, 0.3) is 0 Å². The van der Waals surface area contributed by atoms with Gasteiger partial charge in [0.15, 0.2) is 0 Å². The molecule has 2 heterocycles. The van der Waals surface area contributed by atoms with Crippen molar-refractivity contribution in [1.82, 2.24) is 9.88 Å². The van der Waals surface area contributed by atoms with Crippen LogP contribution in [0.3, 0.4) is 0 Å². The molecule has 23 heavy (non-hydrogen) atoms. The van der Waals surface area contributed by atoms with Gasteiger partial charge in [-0.3, -0.25) is 0 Å². The minimum absolute atomic E-state index is 0.0922. The number of nitrogens with zero attached hydrogens (tertiary/aromatic N) is 2. The first-order chi connectivity index (χ1) is 10.7. The zero-order chi connectivity index (χ0) is 17.0. The Morgan fingerprint density at radius 1 is 1.48 bits per heavy atom. The van der Waals surface area contributed by atoms with Crippen molar-refractivity contribution < 1.29 is 13.9 Å². The first-order valence-electron chi connectivity index (χ1n) is 8.11. The number of hydrogen-bond acceptors (Lipinski definition) is 4. The van der Waals surface area contributed by atoms with Crippen LogP contribution in [0.5, 0.6) is 0 Å². The van der Waals surface area contributed by atoms with Crippen molar-refractivity contribution in [2.45, 2.75) is 52.2 Å². The Balaban J connectivity index is 1.93. The quantitative estimate of drug-likeness (QED) is 0.862. The molecule has 0 radical (unpaired) electrons. The number of rotatable bonds is 3. The van der Waals surface area contributed by atoms with Gasteiger partial charge in [-0.15, -0.1) is 0 Å². The zero-order valence-electron chi connectivity index (χ0n) is 14.3. The molecule has 1 saturated heterocycles. The van der Waals surface area contributed by atoms with Crippen LogP contribution in [0, 0.1) is 11.9 Å². The largest absolute Gasteiger partial charge is 0.444 e. The van der Waals surface area contributed by atoms with Crippen molar-refractivity contribution in [2.75, 3.05) is 18.4 Å². The van der Waals surface area contributed by atoms with Gasteiger partial charge >= 0.3 is 6.09 Å². The number of nitrogens with one attached hydrogen (secondary N) is 1. The van der Waals surface area contributed by atoms with Gasteiger partial charge in [0, 0.05) is 19.1 Å². The molecular weight excluding hydrogens is 297 g/mol. The summed E-state index contributed by atoms with van der Waals surface area (Å²) >= 11 is 0. The van der Waals surface area contributed by atoms with E-state index in [9.17, 15) is 9.18 Å². The first kappa shape index (κ1) is 17.5. The number of carbonyl (C=O) groups excluding carboxylic acids is 1. The highest BCUT2D eigenvalue weighted by atomic mass is 19.1. The number of carbonyl (C=O) groups is 1. The summed E-state index contributed by atoms with van der Waals surface area (Å²) < 4.78 is 18.6. The first-order valence-corrected chi connectivity index (χ1v) is 8.11. The zero-order valence-corrected chi connectivity index (χ0v) is 14.3. The van der Waals surface area contributed by atoms with Gasteiger partial charge in [-0.25, -0.2) is 9.78 Å². The molecule has 6 heteroatoms. The fourth-order valence-corrected chi connectivity index (χ4v) is 2.75. The van der Waals surface area contributed by atoms with E-state index in [4.69, 9.17) is 4.74 Å². The summed E-state index contributed by atoms with van der Waals surface area (Å²) in [5, 5.41) is 3.23. The fourth-order valence-electron chi connectivity index (χ4n) is 2.75. The van der Waals surface area contributed by atoms with Crippen molar-refractivity contribution in [1.29, 1.82) is 0 Å². The van der Waals surface area contributed by atoms with Crippen molar-refractivity contribution in [2.24, 2.45) is 5.92 Å². The van der Waals surface area contributed by atoms with E-state index in [2.05, 4.69) is 10.3 Å². The Bertz CT molecular complexity index is 545. The van der Waals surface area contributed by atoms with Crippen molar-refractivity contribution in [3.8, 4) is 0 Å². The average molecular weight is 323 g/mol. The van der Waals surface area contributed by atoms with Gasteiger partial charge in [-0.05, 0) is 58.6 Å². The molecule has 1 aromatic rings. The Morgan fingerprint density at radius 3 is 2.87 bits per heavy atom. The van der Waals surface area contributed by atoms with E-state index in [1.54, 1.807) is 17.0 Å². The second-order valence-electron chi connectivity index (χ2n) is 7.11. The molecule has 2 unspecified atom stereocenters. The van der Waals surface area contributed by atoms with Gasteiger partial charge < -0.3 is 15.0 Å². The van der Waals surface area contributed by atoms with Crippen LogP contribution in [0.25, 0.3) is 0 Å². The number of aromatic nitrogens is 1. The van der Waals surface area contributed by atoms with Gasteiger partial charge in [-0.2, -0.15) is 4.39 Å². The number of hydrogen-bond donors (Lipinski definition) is 1.